The largest absolute Gasteiger partial charge is 0.363 e. The van der Waals surface area contributed by atoms with E-state index in [0.29, 0.717) is 5.11 Å². The van der Waals surface area contributed by atoms with Gasteiger partial charge < -0.3 is 10.6 Å². The first-order valence-electron chi connectivity index (χ1n) is 4.19. The fraction of sp³-hybridized carbons (Fsp3) is 0.571. The molecule has 0 radical (unpaired) electrons. The van der Waals surface area contributed by atoms with Gasteiger partial charge in [0.25, 0.3) is 0 Å². The lowest BCUT2D eigenvalue weighted by molar-refractivity contribution is 0.793. The fourth-order valence-electron chi connectivity index (χ4n) is 0.869. The van der Waals surface area contributed by atoms with E-state index in [9.17, 15) is 0 Å². The minimum atomic E-state index is 0.682. The normalized spacial score (nSPS) is 9.62. The number of rotatable bonds is 4. The molecule has 0 saturated carbocycles. The van der Waals surface area contributed by atoms with Crippen LogP contribution in [0.1, 0.15) is 12.7 Å². The summed E-state index contributed by atoms with van der Waals surface area (Å²) in [6, 6.07) is 0. The van der Waals surface area contributed by atoms with Crippen LogP contribution in [0.15, 0.2) is 6.33 Å². The summed E-state index contributed by atoms with van der Waals surface area (Å²) in [5.41, 5.74) is 0. The second-order valence-corrected chi connectivity index (χ2v) is 2.88. The van der Waals surface area contributed by atoms with E-state index in [-0.39, 0.29) is 0 Å². The minimum absolute atomic E-state index is 0.682. The molecule has 1 rings (SSSR count). The second kappa shape index (κ2) is 5.47. The Kier molecular flexibility index (Phi) is 4.17. The first kappa shape index (κ1) is 9.91. The Morgan fingerprint density at radius 3 is 3.08 bits per heavy atom. The average Bonchev–Trinajstić information content (AvgIpc) is 2.57. The van der Waals surface area contributed by atoms with Crippen molar-refractivity contribution in [2.75, 3.05) is 13.1 Å². The second-order valence-electron chi connectivity index (χ2n) is 2.47. The van der Waals surface area contributed by atoms with Crippen molar-refractivity contribution < 1.29 is 0 Å². The predicted molar refractivity (Wildman–Crippen MR) is 54.4 cm³/mol. The van der Waals surface area contributed by atoms with Crippen molar-refractivity contribution in [1.82, 2.24) is 25.8 Å². The Balaban J connectivity index is 2.11. The van der Waals surface area contributed by atoms with Crippen molar-refractivity contribution in [3.05, 3.63) is 12.2 Å². The van der Waals surface area contributed by atoms with Crippen LogP contribution in [-0.4, -0.2) is 33.4 Å². The van der Waals surface area contributed by atoms with Gasteiger partial charge in [0.1, 0.15) is 12.2 Å². The number of thiocarbonyl (C=S) groups is 1. The molecule has 3 N–H and O–H groups in total. The summed E-state index contributed by atoms with van der Waals surface area (Å²) < 4.78 is 0. The van der Waals surface area contributed by atoms with Gasteiger partial charge in [0.05, 0.1) is 0 Å². The van der Waals surface area contributed by atoms with Crippen molar-refractivity contribution in [2.45, 2.75) is 13.3 Å². The van der Waals surface area contributed by atoms with Crippen LogP contribution in [0.25, 0.3) is 0 Å². The van der Waals surface area contributed by atoms with Gasteiger partial charge in [-0.3, -0.25) is 5.10 Å². The van der Waals surface area contributed by atoms with Gasteiger partial charge in [-0.05, 0) is 19.1 Å². The Morgan fingerprint density at radius 2 is 2.46 bits per heavy atom. The summed E-state index contributed by atoms with van der Waals surface area (Å²) in [4.78, 5) is 3.99. The van der Waals surface area contributed by atoms with Crippen molar-refractivity contribution >= 4 is 17.3 Å². The molecule has 0 fully saturated rings. The molecular weight excluding hydrogens is 186 g/mol. The van der Waals surface area contributed by atoms with Gasteiger partial charge in [-0.1, -0.05) is 0 Å². The van der Waals surface area contributed by atoms with Gasteiger partial charge in [-0.2, -0.15) is 5.10 Å². The van der Waals surface area contributed by atoms with E-state index in [1.165, 1.54) is 6.33 Å². The van der Waals surface area contributed by atoms with Gasteiger partial charge in [0, 0.05) is 19.5 Å². The lowest BCUT2D eigenvalue weighted by atomic mass is 10.4. The van der Waals surface area contributed by atoms with Crippen LogP contribution in [-0.2, 0) is 6.42 Å². The van der Waals surface area contributed by atoms with Gasteiger partial charge in [-0.25, -0.2) is 4.98 Å². The van der Waals surface area contributed by atoms with E-state index in [2.05, 4.69) is 25.8 Å². The van der Waals surface area contributed by atoms with E-state index in [4.69, 9.17) is 12.2 Å². The molecule has 0 saturated heterocycles. The molecule has 1 aromatic rings. The molecule has 0 aromatic carbocycles. The Bertz CT molecular complexity index is 245. The van der Waals surface area contributed by atoms with E-state index < -0.39 is 0 Å². The minimum Gasteiger partial charge on any atom is -0.363 e. The molecule has 0 aliphatic rings. The maximum atomic E-state index is 4.98. The molecular formula is C7H13N5S. The van der Waals surface area contributed by atoms with Crippen molar-refractivity contribution in [1.29, 1.82) is 0 Å². The highest BCUT2D eigenvalue weighted by atomic mass is 32.1. The zero-order valence-corrected chi connectivity index (χ0v) is 8.32. The highest BCUT2D eigenvalue weighted by molar-refractivity contribution is 7.80. The van der Waals surface area contributed by atoms with Gasteiger partial charge in [-0.15, -0.1) is 0 Å². The molecule has 6 heteroatoms. The van der Waals surface area contributed by atoms with E-state index >= 15 is 0 Å². The summed E-state index contributed by atoms with van der Waals surface area (Å²) in [6.45, 7) is 3.61. The van der Waals surface area contributed by atoms with Crippen LogP contribution in [0.3, 0.4) is 0 Å². The molecule has 0 amide bonds. The lowest BCUT2D eigenvalue weighted by Gasteiger charge is -2.06. The summed E-state index contributed by atoms with van der Waals surface area (Å²) in [5.74, 6) is 0.867. The monoisotopic (exact) mass is 199 g/mol. The Morgan fingerprint density at radius 1 is 1.62 bits per heavy atom. The third-order valence-corrected chi connectivity index (χ3v) is 1.74. The fourth-order valence-corrected chi connectivity index (χ4v) is 1.12. The summed E-state index contributed by atoms with van der Waals surface area (Å²) in [6.07, 6.45) is 2.30. The maximum absolute atomic E-state index is 4.98. The molecule has 0 spiro atoms. The number of aromatic amines is 1. The number of hydrogen-bond acceptors (Lipinski definition) is 3. The molecule has 13 heavy (non-hydrogen) atoms. The number of hydrogen-bond donors (Lipinski definition) is 3. The molecule has 0 aliphatic carbocycles. The highest BCUT2D eigenvalue weighted by Crippen LogP contribution is 1.84. The zero-order valence-electron chi connectivity index (χ0n) is 7.50. The van der Waals surface area contributed by atoms with Gasteiger partial charge in [0.2, 0.25) is 0 Å². The first-order valence-corrected chi connectivity index (χ1v) is 4.59. The van der Waals surface area contributed by atoms with E-state index in [1.54, 1.807) is 0 Å². The third kappa shape index (κ3) is 3.84. The quantitative estimate of drug-likeness (QED) is 0.588. The summed E-state index contributed by atoms with van der Waals surface area (Å²) in [5, 5.41) is 13.3. The predicted octanol–water partition coefficient (Wildman–Crippen LogP) is -0.169. The standard InChI is InChI=1S/C7H13N5S/c1-2-8-7(13)9-4-3-6-10-5-11-12-6/h5H,2-4H2,1H3,(H2,8,9,13)(H,10,11,12). The molecule has 0 bridgehead atoms. The molecule has 72 valence electrons. The topological polar surface area (TPSA) is 65.6 Å². The number of aromatic nitrogens is 3. The maximum Gasteiger partial charge on any atom is 0.166 e. The lowest BCUT2D eigenvalue weighted by Crippen LogP contribution is -2.36. The van der Waals surface area contributed by atoms with E-state index in [0.717, 1.165) is 25.3 Å². The molecule has 0 atom stereocenters. The van der Waals surface area contributed by atoms with Crippen LogP contribution < -0.4 is 10.6 Å². The van der Waals surface area contributed by atoms with Crippen LogP contribution >= 0.6 is 12.2 Å². The van der Waals surface area contributed by atoms with Crippen molar-refractivity contribution in [3.8, 4) is 0 Å². The molecule has 1 heterocycles. The van der Waals surface area contributed by atoms with Gasteiger partial charge >= 0.3 is 0 Å². The summed E-state index contributed by atoms with van der Waals surface area (Å²) >= 11 is 4.98. The number of H-pyrrole nitrogens is 1. The number of nitrogens with zero attached hydrogens (tertiary/aromatic N) is 2. The Hall–Kier alpha value is -1.17. The molecule has 0 aliphatic heterocycles. The van der Waals surface area contributed by atoms with Crippen LogP contribution in [0.5, 0.6) is 0 Å². The van der Waals surface area contributed by atoms with Crippen LogP contribution in [0.2, 0.25) is 0 Å². The average molecular weight is 199 g/mol. The summed E-state index contributed by atoms with van der Waals surface area (Å²) in [7, 11) is 0. The third-order valence-electron chi connectivity index (χ3n) is 1.45. The van der Waals surface area contributed by atoms with Crippen LogP contribution in [0, 0.1) is 0 Å². The van der Waals surface area contributed by atoms with Gasteiger partial charge in [0.15, 0.2) is 5.11 Å². The van der Waals surface area contributed by atoms with E-state index in [1.807, 2.05) is 6.92 Å². The van der Waals surface area contributed by atoms with Crippen molar-refractivity contribution in [2.24, 2.45) is 0 Å². The smallest absolute Gasteiger partial charge is 0.166 e. The zero-order chi connectivity index (χ0) is 9.52. The van der Waals surface area contributed by atoms with Crippen molar-refractivity contribution in [3.63, 3.8) is 0 Å². The molecule has 1 aromatic heterocycles. The first-order chi connectivity index (χ1) is 6.33. The highest BCUT2D eigenvalue weighted by Gasteiger charge is 1.95. The number of nitrogens with one attached hydrogen (secondary N) is 3. The Labute approximate surface area is 82.3 Å². The SMILES string of the molecule is CCNC(=S)NCCc1ncn[nH]1. The molecule has 0 unspecified atom stereocenters. The molecule has 5 nitrogen and oxygen atoms in total. The van der Waals surface area contributed by atoms with Crippen LogP contribution in [0.4, 0.5) is 0 Å².